The molecule has 108 valence electrons. The monoisotopic (exact) mass is 381 g/mol. The lowest BCUT2D eigenvalue weighted by atomic mass is 10.4. The predicted molar refractivity (Wildman–Crippen MR) is 82.7 cm³/mol. The van der Waals surface area contributed by atoms with Gasteiger partial charge in [0.25, 0.3) is 0 Å². The van der Waals surface area contributed by atoms with Gasteiger partial charge in [0.15, 0.2) is 5.96 Å². The van der Waals surface area contributed by atoms with Crippen molar-refractivity contribution in [1.29, 1.82) is 0 Å². The molecule has 0 aliphatic carbocycles. The van der Waals surface area contributed by atoms with Crippen LogP contribution in [-0.4, -0.2) is 67.5 Å². The second kappa shape index (κ2) is 7.51. The van der Waals surface area contributed by atoms with E-state index in [2.05, 4.69) is 20.5 Å². The van der Waals surface area contributed by atoms with Gasteiger partial charge in [0.2, 0.25) is 5.91 Å². The van der Waals surface area contributed by atoms with Crippen molar-refractivity contribution in [1.82, 2.24) is 20.4 Å². The summed E-state index contributed by atoms with van der Waals surface area (Å²) in [5.74, 6) is 0.678. The first-order valence-corrected chi connectivity index (χ1v) is 6.26. The van der Waals surface area contributed by atoms with E-state index in [1.807, 2.05) is 0 Å². The van der Waals surface area contributed by atoms with Gasteiger partial charge in [0.05, 0.1) is 6.54 Å². The summed E-state index contributed by atoms with van der Waals surface area (Å²) in [7, 11) is 1.74. The number of carbonyl (C=O) groups excluding carboxylic acids is 2. The number of aliphatic imine (C=N–C) groups is 1. The first-order chi connectivity index (χ1) is 8.72. The molecule has 0 aromatic carbocycles. The van der Waals surface area contributed by atoms with Crippen LogP contribution in [0.3, 0.4) is 0 Å². The third kappa shape index (κ3) is 3.95. The molecular formula is C11H20IN5O2. The number of amides is 3. The average molecular weight is 381 g/mol. The number of imide groups is 1. The Morgan fingerprint density at radius 1 is 1.37 bits per heavy atom. The zero-order valence-electron chi connectivity index (χ0n) is 11.0. The van der Waals surface area contributed by atoms with Crippen LogP contribution in [0.1, 0.15) is 12.8 Å². The minimum atomic E-state index is -0.307. The molecule has 3 amide bonds. The van der Waals surface area contributed by atoms with Gasteiger partial charge in [-0.05, 0) is 12.8 Å². The average Bonchev–Trinajstić information content (AvgIpc) is 2.98. The van der Waals surface area contributed by atoms with Crippen molar-refractivity contribution >= 4 is 41.9 Å². The molecule has 2 saturated heterocycles. The molecule has 0 saturated carbocycles. The Hall–Kier alpha value is -1.06. The number of rotatable bonds is 3. The van der Waals surface area contributed by atoms with E-state index in [0.29, 0.717) is 13.1 Å². The van der Waals surface area contributed by atoms with E-state index in [9.17, 15) is 9.59 Å². The summed E-state index contributed by atoms with van der Waals surface area (Å²) >= 11 is 0. The Balaban J connectivity index is 0.00000180. The summed E-state index contributed by atoms with van der Waals surface area (Å²) in [6.45, 7) is 3.05. The fourth-order valence-corrected chi connectivity index (χ4v) is 2.22. The maximum atomic E-state index is 11.4. The van der Waals surface area contributed by atoms with Gasteiger partial charge >= 0.3 is 6.03 Å². The summed E-state index contributed by atoms with van der Waals surface area (Å²) in [6.07, 6.45) is 2.38. The van der Waals surface area contributed by atoms with Crippen LogP contribution in [0.4, 0.5) is 4.79 Å². The van der Waals surface area contributed by atoms with Gasteiger partial charge in [-0.25, -0.2) is 4.79 Å². The molecule has 0 aromatic rings. The topological polar surface area (TPSA) is 77.0 Å². The lowest BCUT2D eigenvalue weighted by molar-refractivity contribution is -0.124. The molecule has 7 nitrogen and oxygen atoms in total. The van der Waals surface area contributed by atoms with Crippen molar-refractivity contribution in [3.8, 4) is 0 Å². The van der Waals surface area contributed by atoms with E-state index in [1.165, 1.54) is 17.7 Å². The van der Waals surface area contributed by atoms with Crippen LogP contribution < -0.4 is 10.6 Å². The fourth-order valence-electron chi connectivity index (χ4n) is 2.22. The van der Waals surface area contributed by atoms with Crippen molar-refractivity contribution in [3.63, 3.8) is 0 Å². The SMILES string of the molecule is CN=C(NCCN1C(=O)CNC1=O)N1CCCC1.I. The van der Waals surface area contributed by atoms with E-state index in [4.69, 9.17) is 0 Å². The summed E-state index contributed by atoms with van der Waals surface area (Å²) in [6, 6.07) is -0.307. The molecular weight excluding hydrogens is 361 g/mol. The number of urea groups is 1. The Bertz CT molecular complexity index is 352. The minimum absolute atomic E-state index is 0. The van der Waals surface area contributed by atoms with Crippen molar-refractivity contribution in [2.24, 2.45) is 4.99 Å². The molecule has 0 bridgehead atoms. The highest BCUT2D eigenvalue weighted by atomic mass is 127. The number of halogens is 1. The van der Waals surface area contributed by atoms with Crippen molar-refractivity contribution in [2.45, 2.75) is 12.8 Å². The molecule has 2 heterocycles. The number of nitrogens with zero attached hydrogens (tertiary/aromatic N) is 3. The van der Waals surface area contributed by atoms with Crippen LogP contribution in [-0.2, 0) is 4.79 Å². The third-order valence-corrected chi connectivity index (χ3v) is 3.17. The highest BCUT2D eigenvalue weighted by Gasteiger charge is 2.27. The second-order valence-electron chi connectivity index (χ2n) is 4.37. The number of guanidine groups is 1. The molecule has 0 aromatic heterocycles. The predicted octanol–water partition coefficient (Wildman–Crippen LogP) is -0.173. The summed E-state index contributed by atoms with van der Waals surface area (Å²) in [5.41, 5.74) is 0. The summed E-state index contributed by atoms with van der Waals surface area (Å²) < 4.78 is 0. The first-order valence-electron chi connectivity index (χ1n) is 6.26. The summed E-state index contributed by atoms with van der Waals surface area (Å²) in [4.78, 5) is 30.3. The van der Waals surface area contributed by atoms with Gasteiger partial charge in [0, 0.05) is 33.2 Å². The maximum Gasteiger partial charge on any atom is 0.324 e. The van der Waals surface area contributed by atoms with Gasteiger partial charge in [-0.1, -0.05) is 0 Å². The van der Waals surface area contributed by atoms with Gasteiger partial charge in [-0.2, -0.15) is 0 Å². The highest BCUT2D eigenvalue weighted by Crippen LogP contribution is 2.07. The second-order valence-corrected chi connectivity index (χ2v) is 4.37. The van der Waals surface area contributed by atoms with Gasteiger partial charge in [-0.3, -0.25) is 14.7 Å². The Labute approximate surface area is 129 Å². The quantitative estimate of drug-likeness (QED) is 0.308. The molecule has 0 atom stereocenters. The van der Waals surface area contributed by atoms with Crippen molar-refractivity contribution in [3.05, 3.63) is 0 Å². The molecule has 19 heavy (non-hydrogen) atoms. The number of nitrogens with one attached hydrogen (secondary N) is 2. The first kappa shape index (κ1) is 16.0. The Kier molecular flexibility index (Phi) is 6.32. The standard InChI is InChI=1S/C11H19N5O2.HI/c1-12-10(15-5-2-3-6-15)13-4-7-16-9(17)8-14-11(16)18;/h2-8H2,1H3,(H,12,13)(H,14,18);1H. The van der Waals surface area contributed by atoms with Crippen molar-refractivity contribution < 1.29 is 9.59 Å². The third-order valence-electron chi connectivity index (χ3n) is 3.17. The maximum absolute atomic E-state index is 11.4. The number of carbonyl (C=O) groups is 2. The molecule has 0 spiro atoms. The smallest absolute Gasteiger partial charge is 0.324 e. The van der Waals surface area contributed by atoms with Crippen LogP contribution in [0.15, 0.2) is 4.99 Å². The minimum Gasteiger partial charge on any atom is -0.354 e. The summed E-state index contributed by atoms with van der Waals surface area (Å²) in [5, 5.41) is 5.68. The lowest BCUT2D eigenvalue weighted by Crippen LogP contribution is -2.44. The zero-order valence-corrected chi connectivity index (χ0v) is 13.3. The Morgan fingerprint density at radius 2 is 2.05 bits per heavy atom. The van der Waals surface area contributed by atoms with Gasteiger partial charge in [-0.15, -0.1) is 24.0 Å². The van der Waals surface area contributed by atoms with Crippen LogP contribution in [0.5, 0.6) is 0 Å². The van der Waals surface area contributed by atoms with Gasteiger partial charge < -0.3 is 15.5 Å². The van der Waals surface area contributed by atoms with E-state index in [0.717, 1.165) is 19.0 Å². The van der Waals surface area contributed by atoms with Crippen molar-refractivity contribution in [2.75, 3.05) is 39.8 Å². The lowest BCUT2D eigenvalue weighted by Gasteiger charge is -2.21. The number of likely N-dealkylation sites (tertiary alicyclic amines) is 1. The fraction of sp³-hybridized carbons (Fsp3) is 0.727. The largest absolute Gasteiger partial charge is 0.354 e. The van der Waals surface area contributed by atoms with Crippen LogP contribution >= 0.6 is 24.0 Å². The molecule has 2 fully saturated rings. The molecule has 2 aliphatic heterocycles. The van der Waals surface area contributed by atoms with E-state index in [1.54, 1.807) is 7.05 Å². The number of hydrogen-bond acceptors (Lipinski definition) is 3. The molecule has 0 radical (unpaired) electrons. The van der Waals surface area contributed by atoms with Crippen LogP contribution in [0.2, 0.25) is 0 Å². The van der Waals surface area contributed by atoms with E-state index >= 15 is 0 Å². The zero-order chi connectivity index (χ0) is 13.0. The molecule has 8 heteroatoms. The van der Waals surface area contributed by atoms with E-state index < -0.39 is 0 Å². The molecule has 0 unspecified atom stereocenters. The molecule has 2 N–H and O–H groups in total. The number of hydrogen-bond donors (Lipinski definition) is 2. The molecule has 2 aliphatic rings. The van der Waals surface area contributed by atoms with E-state index in [-0.39, 0.29) is 42.5 Å². The van der Waals surface area contributed by atoms with Crippen LogP contribution in [0, 0.1) is 0 Å². The highest BCUT2D eigenvalue weighted by molar-refractivity contribution is 14.0. The molecule has 2 rings (SSSR count). The van der Waals surface area contributed by atoms with Gasteiger partial charge in [0.1, 0.15) is 0 Å². The Morgan fingerprint density at radius 3 is 2.58 bits per heavy atom. The van der Waals surface area contributed by atoms with Crippen LogP contribution in [0.25, 0.3) is 0 Å². The normalized spacial score (nSPS) is 19.5.